The summed E-state index contributed by atoms with van der Waals surface area (Å²) >= 11 is 0. The first-order valence-electron chi connectivity index (χ1n) is 9.67. The molecule has 0 bridgehead atoms. The van der Waals surface area contributed by atoms with E-state index in [9.17, 15) is 20.1 Å². The second kappa shape index (κ2) is 11.8. The third kappa shape index (κ3) is 7.59. The lowest BCUT2D eigenvalue weighted by atomic mass is 9.98. The Balaban J connectivity index is 1.74. The Bertz CT molecular complexity index is 604. The van der Waals surface area contributed by atoms with Gasteiger partial charge in [-0.2, -0.15) is 0 Å². The van der Waals surface area contributed by atoms with Crippen LogP contribution in [-0.4, -0.2) is 64.0 Å². The first-order valence-corrected chi connectivity index (χ1v) is 9.67. The summed E-state index contributed by atoms with van der Waals surface area (Å²) in [6.45, 7) is 0.0731. The predicted molar refractivity (Wildman–Crippen MR) is 103 cm³/mol. The van der Waals surface area contributed by atoms with Gasteiger partial charge >= 0.3 is 5.97 Å². The van der Waals surface area contributed by atoms with Gasteiger partial charge in [-0.1, -0.05) is 30.4 Å². The van der Waals surface area contributed by atoms with E-state index in [0.717, 1.165) is 0 Å². The summed E-state index contributed by atoms with van der Waals surface area (Å²) in [5.74, 6) is -0.428. The fourth-order valence-electron chi connectivity index (χ4n) is 3.31. The van der Waals surface area contributed by atoms with Gasteiger partial charge < -0.3 is 29.9 Å². The number of para-hydroxylation sites is 1. The van der Waals surface area contributed by atoms with Crippen LogP contribution in [0.1, 0.15) is 32.1 Å². The number of aliphatic carboxylic acids is 1. The molecule has 1 aliphatic carbocycles. The molecule has 1 saturated carbocycles. The van der Waals surface area contributed by atoms with Crippen molar-refractivity contribution in [2.75, 3.05) is 13.2 Å². The Kier molecular flexibility index (Phi) is 9.43. The van der Waals surface area contributed by atoms with E-state index in [1.54, 1.807) is 12.1 Å². The molecule has 0 unspecified atom stereocenters. The Morgan fingerprint density at radius 2 is 1.89 bits per heavy atom. The van der Waals surface area contributed by atoms with Crippen LogP contribution < -0.4 is 4.74 Å². The van der Waals surface area contributed by atoms with Crippen LogP contribution in [0.5, 0.6) is 5.75 Å². The Morgan fingerprint density at radius 3 is 2.61 bits per heavy atom. The topological polar surface area (TPSA) is 116 Å². The van der Waals surface area contributed by atoms with Crippen molar-refractivity contribution in [2.45, 2.75) is 56.5 Å². The molecule has 0 amide bonds. The summed E-state index contributed by atoms with van der Waals surface area (Å²) in [5, 5.41) is 39.0. The van der Waals surface area contributed by atoms with Crippen molar-refractivity contribution in [3.8, 4) is 5.75 Å². The van der Waals surface area contributed by atoms with Crippen LogP contribution in [0.4, 0.5) is 0 Å². The van der Waals surface area contributed by atoms with E-state index in [1.165, 1.54) is 0 Å². The zero-order valence-electron chi connectivity index (χ0n) is 15.9. The van der Waals surface area contributed by atoms with Crippen LogP contribution in [0, 0.1) is 5.92 Å². The number of aliphatic hydroxyl groups is 3. The lowest BCUT2D eigenvalue weighted by Gasteiger charge is -2.24. The van der Waals surface area contributed by atoms with Gasteiger partial charge in [-0.15, -0.1) is 0 Å². The Labute approximate surface area is 165 Å². The molecule has 0 radical (unpaired) electrons. The van der Waals surface area contributed by atoms with E-state index < -0.39 is 30.4 Å². The Hall–Kier alpha value is -1.93. The maximum atomic E-state index is 10.5. The molecular weight excluding hydrogens is 364 g/mol. The molecule has 28 heavy (non-hydrogen) atoms. The van der Waals surface area contributed by atoms with Crippen LogP contribution in [0.25, 0.3) is 0 Å². The minimum Gasteiger partial charge on any atom is -0.491 e. The quantitative estimate of drug-likeness (QED) is 0.315. The van der Waals surface area contributed by atoms with Crippen molar-refractivity contribution in [3.63, 3.8) is 0 Å². The summed E-state index contributed by atoms with van der Waals surface area (Å²) in [6.07, 6.45) is 2.99. The molecule has 0 aliphatic heterocycles. The lowest BCUT2D eigenvalue weighted by molar-refractivity contribution is -0.137. The maximum absolute atomic E-state index is 10.5. The molecule has 0 aromatic heterocycles. The van der Waals surface area contributed by atoms with E-state index in [1.807, 2.05) is 30.4 Å². The van der Waals surface area contributed by atoms with Crippen LogP contribution in [0.2, 0.25) is 0 Å². The smallest absolute Gasteiger partial charge is 0.303 e. The normalized spacial score (nSPS) is 25.8. The van der Waals surface area contributed by atoms with Crippen LogP contribution in [0.15, 0.2) is 42.5 Å². The summed E-state index contributed by atoms with van der Waals surface area (Å²) in [5.41, 5.74) is 0. The SMILES string of the molecule is O=C(O)CCCC=CC[C@@H]1[C@@H](OC[C@H](O)COc2ccccc2)[C@H](O)C[C@@H]1O. The predicted octanol–water partition coefficient (Wildman–Crippen LogP) is 1.75. The minimum atomic E-state index is -0.850. The molecule has 1 aromatic rings. The highest BCUT2D eigenvalue weighted by Crippen LogP contribution is 2.32. The van der Waals surface area contributed by atoms with Gasteiger partial charge in [0.25, 0.3) is 0 Å². The monoisotopic (exact) mass is 394 g/mol. The number of allylic oxidation sites excluding steroid dienone is 2. The largest absolute Gasteiger partial charge is 0.491 e. The highest BCUT2D eigenvalue weighted by atomic mass is 16.5. The molecule has 1 aliphatic rings. The second-order valence-electron chi connectivity index (χ2n) is 7.10. The van der Waals surface area contributed by atoms with Gasteiger partial charge in [-0.25, -0.2) is 0 Å². The molecule has 0 heterocycles. The van der Waals surface area contributed by atoms with Crippen molar-refractivity contribution in [3.05, 3.63) is 42.5 Å². The number of hydrogen-bond donors (Lipinski definition) is 4. The molecule has 7 heteroatoms. The number of carboxylic acids is 1. The average Bonchev–Trinajstić information content (AvgIpc) is 2.94. The van der Waals surface area contributed by atoms with Gasteiger partial charge in [-0.05, 0) is 31.4 Å². The van der Waals surface area contributed by atoms with Crippen molar-refractivity contribution in [1.29, 1.82) is 0 Å². The average molecular weight is 394 g/mol. The van der Waals surface area contributed by atoms with Gasteiger partial charge in [0.05, 0.1) is 24.9 Å². The molecule has 156 valence electrons. The number of unbranched alkanes of at least 4 members (excludes halogenated alkanes) is 1. The van der Waals surface area contributed by atoms with Crippen LogP contribution >= 0.6 is 0 Å². The van der Waals surface area contributed by atoms with Gasteiger partial charge in [0, 0.05) is 18.8 Å². The summed E-state index contributed by atoms with van der Waals surface area (Å²) in [6, 6.07) is 9.15. The standard InChI is InChI=1S/C21H30O7/c22-15(13-27-16-8-4-3-5-9-16)14-28-21-17(18(23)12-19(21)24)10-6-1-2-7-11-20(25)26/h1,3-6,8-9,15,17-19,21-24H,2,7,10-14H2,(H,25,26)/t15-,17+,18+,19-,21-/m1/s1. The molecule has 4 N–H and O–H groups in total. The first kappa shape index (κ1) is 22.4. The molecule has 2 rings (SSSR count). The maximum Gasteiger partial charge on any atom is 0.303 e. The zero-order chi connectivity index (χ0) is 20.4. The number of ether oxygens (including phenoxy) is 2. The molecule has 1 aromatic carbocycles. The second-order valence-corrected chi connectivity index (χ2v) is 7.10. The summed E-state index contributed by atoms with van der Waals surface area (Å²) in [7, 11) is 0. The van der Waals surface area contributed by atoms with E-state index in [0.29, 0.717) is 25.0 Å². The number of carbonyl (C=O) groups is 1. The zero-order valence-corrected chi connectivity index (χ0v) is 15.9. The summed E-state index contributed by atoms with van der Waals surface area (Å²) in [4.78, 5) is 10.5. The third-order valence-corrected chi connectivity index (χ3v) is 4.78. The number of rotatable bonds is 12. The van der Waals surface area contributed by atoms with Crippen LogP contribution in [0.3, 0.4) is 0 Å². The van der Waals surface area contributed by atoms with Gasteiger partial charge in [0.1, 0.15) is 18.5 Å². The minimum absolute atomic E-state index is 0.000105. The summed E-state index contributed by atoms with van der Waals surface area (Å²) < 4.78 is 11.2. The highest BCUT2D eigenvalue weighted by molar-refractivity contribution is 5.66. The van der Waals surface area contributed by atoms with Gasteiger partial charge in [0.2, 0.25) is 0 Å². The fraction of sp³-hybridized carbons (Fsp3) is 0.571. The molecule has 0 spiro atoms. The Morgan fingerprint density at radius 1 is 1.14 bits per heavy atom. The number of hydrogen-bond acceptors (Lipinski definition) is 6. The van der Waals surface area contributed by atoms with E-state index in [2.05, 4.69) is 0 Å². The van der Waals surface area contributed by atoms with Gasteiger partial charge in [-0.3, -0.25) is 4.79 Å². The number of carboxylic acid groups (broad SMARTS) is 1. The molecule has 0 saturated heterocycles. The van der Waals surface area contributed by atoms with Crippen molar-refractivity contribution in [1.82, 2.24) is 0 Å². The first-order chi connectivity index (χ1) is 13.5. The van der Waals surface area contributed by atoms with Crippen molar-refractivity contribution < 1.29 is 34.7 Å². The van der Waals surface area contributed by atoms with Crippen molar-refractivity contribution >= 4 is 5.97 Å². The molecule has 1 fully saturated rings. The van der Waals surface area contributed by atoms with E-state index in [-0.39, 0.29) is 32.0 Å². The van der Waals surface area contributed by atoms with Crippen molar-refractivity contribution in [2.24, 2.45) is 5.92 Å². The fourth-order valence-corrected chi connectivity index (χ4v) is 3.31. The highest BCUT2D eigenvalue weighted by Gasteiger charge is 2.42. The number of benzene rings is 1. The van der Waals surface area contributed by atoms with E-state index in [4.69, 9.17) is 14.6 Å². The molecule has 7 nitrogen and oxygen atoms in total. The molecule has 5 atom stereocenters. The van der Waals surface area contributed by atoms with Crippen LogP contribution in [-0.2, 0) is 9.53 Å². The third-order valence-electron chi connectivity index (χ3n) is 4.78. The van der Waals surface area contributed by atoms with Gasteiger partial charge in [0.15, 0.2) is 0 Å². The van der Waals surface area contributed by atoms with E-state index >= 15 is 0 Å². The lowest BCUT2D eigenvalue weighted by Crippen LogP contribution is -2.34. The number of aliphatic hydroxyl groups excluding tert-OH is 3. The molecular formula is C21H30O7.